The van der Waals surface area contributed by atoms with Crippen molar-refractivity contribution in [1.29, 1.82) is 0 Å². The van der Waals surface area contributed by atoms with Gasteiger partial charge in [-0.15, -0.1) is 0 Å². The highest BCUT2D eigenvalue weighted by molar-refractivity contribution is 5.57. The molecule has 5 nitrogen and oxygen atoms in total. The molecule has 1 rings (SSSR count). The number of rotatable bonds is 9. The number of nitrogens with zero attached hydrogens (tertiary/aromatic N) is 2. The lowest BCUT2D eigenvalue weighted by atomic mass is 10.0. The molecule has 1 aromatic carbocycles. The monoisotopic (exact) mass is 382 g/mol. The van der Waals surface area contributed by atoms with Crippen LogP contribution >= 0.6 is 0 Å². The number of hydrogen-bond donors (Lipinski definition) is 1. The van der Waals surface area contributed by atoms with Crippen LogP contribution in [0.3, 0.4) is 0 Å². The number of aliphatic hydroxyl groups excluding tert-OH is 1. The molecule has 0 amide bonds. The van der Waals surface area contributed by atoms with Gasteiger partial charge in [0.15, 0.2) is 0 Å². The van der Waals surface area contributed by atoms with E-state index in [9.17, 15) is 9.59 Å². The molecule has 0 aliphatic carbocycles. The van der Waals surface area contributed by atoms with Crippen LogP contribution in [0.5, 0.6) is 0 Å². The molecule has 0 spiro atoms. The lowest BCUT2D eigenvalue weighted by Crippen LogP contribution is -2.39. The summed E-state index contributed by atoms with van der Waals surface area (Å²) in [5.41, 5.74) is 1.32. The Hall–Kier alpha value is -1.56. The van der Waals surface area contributed by atoms with Gasteiger partial charge in [0.05, 0.1) is 12.6 Å². The van der Waals surface area contributed by atoms with Crippen molar-refractivity contribution >= 4 is 12.6 Å². The molecule has 0 aromatic heterocycles. The standard InChI is InChI=1S/C12H24N2O2.C7H8.C2H6.CH4O/c1-11(2)9-12(10-16)14(4)6-5-13(3)7-8-15;1-7-5-3-2-4-6-7;2*1-2/h8,10-12H,5-7,9H2,1-4H3;2-6H,1H3;1-2H3;2H,1H3. The quantitative estimate of drug-likeness (QED) is 0.664. The molecule has 0 radical (unpaired) electrons. The second-order valence-electron chi connectivity index (χ2n) is 6.40. The summed E-state index contributed by atoms with van der Waals surface area (Å²) in [7, 11) is 4.86. The largest absolute Gasteiger partial charge is 0.400 e. The lowest BCUT2D eigenvalue weighted by molar-refractivity contribution is -0.113. The fourth-order valence-electron chi connectivity index (χ4n) is 2.07. The van der Waals surface area contributed by atoms with E-state index in [0.29, 0.717) is 12.5 Å². The van der Waals surface area contributed by atoms with Gasteiger partial charge >= 0.3 is 0 Å². The van der Waals surface area contributed by atoms with Crippen molar-refractivity contribution < 1.29 is 14.7 Å². The van der Waals surface area contributed by atoms with Crippen molar-refractivity contribution in [2.24, 2.45) is 5.92 Å². The van der Waals surface area contributed by atoms with Crippen LogP contribution in [0.4, 0.5) is 0 Å². The first-order chi connectivity index (χ1) is 12.9. The number of benzene rings is 1. The van der Waals surface area contributed by atoms with Gasteiger partial charge in [-0.1, -0.05) is 63.6 Å². The smallest absolute Gasteiger partial charge is 0.137 e. The molecule has 1 aromatic rings. The van der Waals surface area contributed by atoms with Gasteiger partial charge in [0.1, 0.15) is 12.6 Å². The fraction of sp³-hybridized carbons (Fsp3) is 0.636. The van der Waals surface area contributed by atoms with Crippen molar-refractivity contribution in [3.8, 4) is 0 Å². The molecule has 5 heteroatoms. The van der Waals surface area contributed by atoms with Crippen molar-refractivity contribution in [1.82, 2.24) is 9.80 Å². The topological polar surface area (TPSA) is 60.9 Å². The summed E-state index contributed by atoms with van der Waals surface area (Å²) in [5, 5.41) is 7.00. The van der Waals surface area contributed by atoms with Crippen molar-refractivity contribution in [3.05, 3.63) is 35.9 Å². The maximum atomic E-state index is 10.9. The second kappa shape index (κ2) is 22.5. The van der Waals surface area contributed by atoms with E-state index in [0.717, 1.165) is 39.2 Å². The zero-order chi connectivity index (χ0) is 21.7. The number of carbonyl (C=O) groups excluding carboxylic acids is 2. The molecule has 158 valence electrons. The number of carbonyl (C=O) groups is 2. The predicted octanol–water partition coefficient (Wildman–Crippen LogP) is 3.29. The predicted molar refractivity (Wildman–Crippen MR) is 116 cm³/mol. The van der Waals surface area contributed by atoms with Gasteiger partial charge in [0.2, 0.25) is 0 Å². The van der Waals surface area contributed by atoms with Gasteiger partial charge < -0.3 is 14.7 Å². The molecule has 0 bridgehead atoms. The number of likely N-dealkylation sites (N-methyl/N-ethyl adjacent to an activating group) is 2. The highest BCUT2D eigenvalue weighted by atomic mass is 16.2. The van der Waals surface area contributed by atoms with E-state index in [1.165, 1.54) is 5.56 Å². The summed E-state index contributed by atoms with van der Waals surface area (Å²) < 4.78 is 0. The van der Waals surface area contributed by atoms with Crippen molar-refractivity contribution in [2.75, 3.05) is 40.8 Å². The molecule has 1 unspecified atom stereocenters. The average molecular weight is 383 g/mol. The first kappa shape index (κ1) is 30.2. The molecule has 0 saturated heterocycles. The Morgan fingerprint density at radius 2 is 1.52 bits per heavy atom. The molecular weight excluding hydrogens is 340 g/mol. The minimum absolute atomic E-state index is 0.00960. The Morgan fingerprint density at radius 1 is 1.00 bits per heavy atom. The molecule has 0 fully saturated rings. The summed E-state index contributed by atoms with van der Waals surface area (Å²) in [6.45, 7) is 12.4. The molecule has 0 saturated carbocycles. The minimum Gasteiger partial charge on any atom is -0.400 e. The third-order valence-corrected chi connectivity index (χ3v) is 3.60. The third-order valence-electron chi connectivity index (χ3n) is 3.60. The maximum Gasteiger partial charge on any atom is 0.137 e. The van der Waals surface area contributed by atoms with Crippen LogP contribution in [0.15, 0.2) is 30.3 Å². The van der Waals surface area contributed by atoms with Crippen LogP contribution < -0.4 is 0 Å². The third kappa shape index (κ3) is 20.6. The van der Waals surface area contributed by atoms with E-state index in [-0.39, 0.29) is 6.04 Å². The number of aldehydes is 2. The highest BCUT2D eigenvalue weighted by Gasteiger charge is 2.15. The van der Waals surface area contributed by atoms with E-state index in [1.807, 2.05) is 55.9 Å². The molecule has 0 aliphatic rings. The highest BCUT2D eigenvalue weighted by Crippen LogP contribution is 2.08. The van der Waals surface area contributed by atoms with Crippen LogP contribution in [0.1, 0.15) is 39.7 Å². The zero-order valence-electron chi connectivity index (χ0n) is 18.7. The van der Waals surface area contributed by atoms with Crippen LogP contribution in [0.2, 0.25) is 0 Å². The Balaban J connectivity index is -0.000000430. The Labute approximate surface area is 167 Å². The van der Waals surface area contributed by atoms with E-state index in [1.54, 1.807) is 0 Å². The first-order valence-corrected chi connectivity index (χ1v) is 9.64. The van der Waals surface area contributed by atoms with Crippen molar-refractivity contribution in [2.45, 2.75) is 47.1 Å². The number of hydrogen-bond acceptors (Lipinski definition) is 5. The van der Waals surface area contributed by atoms with E-state index in [2.05, 4.69) is 32.9 Å². The fourth-order valence-corrected chi connectivity index (χ4v) is 2.07. The van der Waals surface area contributed by atoms with Crippen LogP contribution in [0.25, 0.3) is 0 Å². The van der Waals surface area contributed by atoms with Gasteiger partial charge in [0.25, 0.3) is 0 Å². The number of aliphatic hydroxyl groups is 1. The molecule has 1 atom stereocenters. The van der Waals surface area contributed by atoms with Gasteiger partial charge in [-0.25, -0.2) is 0 Å². The van der Waals surface area contributed by atoms with E-state index in [4.69, 9.17) is 5.11 Å². The SMILES string of the molecule is CC.CC(C)CC(C=O)N(C)CCN(C)CC=O.CO.Cc1ccccc1. The Bertz CT molecular complexity index is 425. The first-order valence-electron chi connectivity index (χ1n) is 9.64. The molecule has 27 heavy (non-hydrogen) atoms. The van der Waals surface area contributed by atoms with Gasteiger partial charge in [0, 0.05) is 20.2 Å². The minimum atomic E-state index is -0.00960. The Kier molecular flexibility index (Phi) is 25.1. The number of aryl methyl sites for hydroxylation is 1. The normalized spacial score (nSPS) is 10.7. The molecular formula is C22H42N2O3. The van der Waals surface area contributed by atoms with Crippen LogP contribution in [-0.2, 0) is 9.59 Å². The van der Waals surface area contributed by atoms with Gasteiger partial charge in [-0.2, -0.15) is 0 Å². The summed E-state index contributed by atoms with van der Waals surface area (Å²) in [6.07, 6.45) is 2.79. The lowest BCUT2D eigenvalue weighted by Gasteiger charge is -2.26. The summed E-state index contributed by atoms with van der Waals surface area (Å²) in [5.74, 6) is 0.519. The molecule has 1 N–H and O–H groups in total. The summed E-state index contributed by atoms with van der Waals surface area (Å²) in [4.78, 5) is 25.2. The van der Waals surface area contributed by atoms with Crippen LogP contribution in [0, 0.1) is 12.8 Å². The van der Waals surface area contributed by atoms with Crippen molar-refractivity contribution in [3.63, 3.8) is 0 Å². The Morgan fingerprint density at radius 3 is 1.85 bits per heavy atom. The zero-order valence-corrected chi connectivity index (χ0v) is 18.7. The van der Waals surface area contributed by atoms with Gasteiger partial charge in [-0.05, 0) is 33.4 Å². The van der Waals surface area contributed by atoms with Gasteiger partial charge in [-0.3, -0.25) is 9.80 Å². The average Bonchev–Trinajstić information content (AvgIpc) is 2.68. The summed E-state index contributed by atoms with van der Waals surface area (Å²) in [6, 6.07) is 10.3. The maximum absolute atomic E-state index is 10.9. The molecule has 0 aliphatic heterocycles. The summed E-state index contributed by atoms with van der Waals surface area (Å²) >= 11 is 0. The van der Waals surface area contributed by atoms with Crippen LogP contribution in [-0.4, -0.2) is 74.4 Å². The van der Waals surface area contributed by atoms with E-state index >= 15 is 0 Å². The molecule has 0 heterocycles. The second-order valence-corrected chi connectivity index (χ2v) is 6.40. The van der Waals surface area contributed by atoms with E-state index < -0.39 is 0 Å².